The summed E-state index contributed by atoms with van der Waals surface area (Å²) in [5.74, 6) is 1.78. The summed E-state index contributed by atoms with van der Waals surface area (Å²) in [7, 11) is 0. The average Bonchev–Trinajstić information content (AvgIpc) is 2.28. The first kappa shape index (κ1) is 14.8. The predicted molar refractivity (Wildman–Crippen MR) is 75.2 cm³/mol. The molecule has 1 heterocycles. The maximum absolute atomic E-state index is 12.4. The summed E-state index contributed by atoms with van der Waals surface area (Å²) in [4.78, 5) is 14.3. The molecular formula is C13H26N2OS. The Morgan fingerprint density at radius 2 is 2.24 bits per heavy atom. The number of thioether (sulfide) groups is 1. The highest BCUT2D eigenvalue weighted by Crippen LogP contribution is 2.26. The lowest BCUT2D eigenvalue weighted by Crippen LogP contribution is -2.56. The van der Waals surface area contributed by atoms with Crippen LogP contribution < -0.4 is 5.73 Å². The van der Waals surface area contributed by atoms with Gasteiger partial charge in [-0.15, -0.1) is 0 Å². The monoisotopic (exact) mass is 258 g/mol. The third-order valence-electron chi connectivity index (χ3n) is 3.38. The number of hydrogen-bond acceptors (Lipinski definition) is 3. The third kappa shape index (κ3) is 3.88. The van der Waals surface area contributed by atoms with Gasteiger partial charge >= 0.3 is 0 Å². The molecule has 0 aliphatic carbocycles. The van der Waals surface area contributed by atoms with Crippen molar-refractivity contribution in [3.05, 3.63) is 0 Å². The molecule has 100 valence electrons. The Hall–Kier alpha value is -0.220. The fourth-order valence-corrected chi connectivity index (χ4v) is 3.55. The van der Waals surface area contributed by atoms with E-state index >= 15 is 0 Å². The third-order valence-corrected chi connectivity index (χ3v) is 4.92. The zero-order valence-corrected chi connectivity index (χ0v) is 12.3. The van der Waals surface area contributed by atoms with Gasteiger partial charge in [0.2, 0.25) is 5.91 Å². The van der Waals surface area contributed by atoms with E-state index in [0.29, 0.717) is 11.2 Å². The van der Waals surface area contributed by atoms with Crippen LogP contribution in [0.4, 0.5) is 0 Å². The molecule has 0 aromatic carbocycles. The van der Waals surface area contributed by atoms with E-state index in [4.69, 9.17) is 5.73 Å². The molecular weight excluding hydrogens is 232 g/mol. The van der Waals surface area contributed by atoms with Gasteiger partial charge in [-0.1, -0.05) is 27.2 Å². The minimum atomic E-state index is -0.682. The summed E-state index contributed by atoms with van der Waals surface area (Å²) in [6.45, 7) is 10.1. The van der Waals surface area contributed by atoms with E-state index in [1.165, 1.54) is 0 Å². The molecule has 0 saturated carbocycles. The first-order valence-electron chi connectivity index (χ1n) is 6.58. The van der Waals surface area contributed by atoms with Gasteiger partial charge in [0.15, 0.2) is 0 Å². The number of rotatable bonds is 4. The van der Waals surface area contributed by atoms with Crippen molar-refractivity contribution in [3.63, 3.8) is 0 Å². The van der Waals surface area contributed by atoms with Crippen LogP contribution in [0.5, 0.6) is 0 Å². The van der Waals surface area contributed by atoms with Gasteiger partial charge in [-0.25, -0.2) is 0 Å². The van der Waals surface area contributed by atoms with Crippen LogP contribution in [-0.4, -0.2) is 40.4 Å². The fourth-order valence-electron chi connectivity index (χ4n) is 2.25. The summed E-state index contributed by atoms with van der Waals surface area (Å²) in [5, 5.41) is 0.560. The molecule has 1 saturated heterocycles. The normalized spacial score (nSPS) is 24.8. The predicted octanol–water partition coefficient (Wildman–Crippen LogP) is 2.10. The van der Waals surface area contributed by atoms with Crippen molar-refractivity contribution in [2.45, 2.75) is 51.3 Å². The lowest BCUT2D eigenvalue weighted by molar-refractivity contribution is -0.136. The molecule has 0 aromatic heterocycles. The smallest absolute Gasteiger partial charge is 0.242 e. The van der Waals surface area contributed by atoms with Crippen LogP contribution >= 0.6 is 11.8 Å². The Morgan fingerprint density at radius 3 is 2.76 bits per heavy atom. The number of amides is 1. The Balaban J connectivity index is 2.63. The highest BCUT2D eigenvalue weighted by molar-refractivity contribution is 8.00. The van der Waals surface area contributed by atoms with Crippen molar-refractivity contribution in [2.75, 3.05) is 18.8 Å². The lowest BCUT2D eigenvalue weighted by atomic mass is 9.95. The van der Waals surface area contributed by atoms with Crippen molar-refractivity contribution in [1.29, 1.82) is 0 Å². The number of hydrogen-bond donors (Lipinski definition) is 1. The zero-order valence-electron chi connectivity index (χ0n) is 11.5. The first-order valence-corrected chi connectivity index (χ1v) is 7.63. The summed E-state index contributed by atoms with van der Waals surface area (Å²) >= 11 is 1.98. The molecule has 0 bridgehead atoms. The summed E-state index contributed by atoms with van der Waals surface area (Å²) in [5.41, 5.74) is 5.44. The van der Waals surface area contributed by atoms with Crippen LogP contribution in [0.1, 0.15) is 40.5 Å². The van der Waals surface area contributed by atoms with E-state index in [1.807, 2.05) is 23.6 Å². The van der Waals surface area contributed by atoms with E-state index < -0.39 is 5.54 Å². The van der Waals surface area contributed by atoms with Crippen LogP contribution in [0.2, 0.25) is 0 Å². The van der Waals surface area contributed by atoms with Crippen molar-refractivity contribution < 1.29 is 4.79 Å². The molecule has 2 unspecified atom stereocenters. The second-order valence-corrected chi connectivity index (χ2v) is 6.92. The van der Waals surface area contributed by atoms with Crippen LogP contribution in [0.3, 0.4) is 0 Å². The topological polar surface area (TPSA) is 46.3 Å². The minimum absolute atomic E-state index is 0.130. The lowest BCUT2D eigenvalue weighted by Gasteiger charge is -2.38. The molecule has 17 heavy (non-hydrogen) atoms. The van der Waals surface area contributed by atoms with Gasteiger partial charge in [0.1, 0.15) is 0 Å². The second-order valence-electron chi connectivity index (χ2n) is 5.57. The zero-order chi connectivity index (χ0) is 13.1. The molecule has 0 aromatic rings. The van der Waals surface area contributed by atoms with Gasteiger partial charge in [0.05, 0.1) is 5.54 Å². The molecule has 3 nitrogen and oxygen atoms in total. The summed E-state index contributed by atoms with van der Waals surface area (Å²) < 4.78 is 0. The SMILES string of the molecule is CCCC(C)(N)C(=O)N1CCSC(C(C)C)C1. The van der Waals surface area contributed by atoms with E-state index in [9.17, 15) is 4.79 Å². The largest absolute Gasteiger partial charge is 0.339 e. The number of nitrogens with two attached hydrogens (primary N) is 1. The van der Waals surface area contributed by atoms with E-state index in [0.717, 1.165) is 31.7 Å². The molecule has 2 atom stereocenters. The van der Waals surface area contributed by atoms with Crippen molar-refractivity contribution >= 4 is 17.7 Å². The number of carbonyl (C=O) groups is 1. The quantitative estimate of drug-likeness (QED) is 0.840. The first-order chi connectivity index (χ1) is 7.88. The standard InChI is InChI=1S/C13H26N2OS/c1-5-6-13(4,14)12(16)15-7-8-17-11(9-15)10(2)3/h10-11H,5-9,14H2,1-4H3. The maximum Gasteiger partial charge on any atom is 0.242 e. The molecule has 0 radical (unpaired) electrons. The van der Waals surface area contributed by atoms with Gasteiger partial charge in [-0.2, -0.15) is 11.8 Å². The van der Waals surface area contributed by atoms with Gasteiger partial charge in [0.25, 0.3) is 0 Å². The van der Waals surface area contributed by atoms with Gasteiger partial charge in [0, 0.05) is 24.1 Å². The molecule has 1 rings (SSSR count). The molecule has 1 fully saturated rings. The summed E-state index contributed by atoms with van der Waals surface area (Å²) in [6.07, 6.45) is 1.72. The number of nitrogens with zero attached hydrogens (tertiary/aromatic N) is 1. The van der Waals surface area contributed by atoms with Gasteiger partial charge in [-0.3, -0.25) is 4.79 Å². The molecule has 1 amide bonds. The van der Waals surface area contributed by atoms with E-state index in [2.05, 4.69) is 20.8 Å². The van der Waals surface area contributed by atoms with Crippen molar-refractivity contribution in [2.24, 2.45) is 11.7 Å². The van der Waals surface area contributed by atoms with Crippen molar-refractivity contribution in [3.8, 4) is 0 Å². The van der Waals surface area contributed by atoms with E-state index in [1.54, 1.807) is 0 Å². The van der Waals surface area contributed by atoms with Crippen LogP contribution in [0, 0.1) is 5.92 Å². The second kappa shape index (κ2) is 6.10. The minimum Gasteiger partial charge on any atom is -0.339 e. The Kier molecular flexibility index (Phi) is 5.32. The fraction of sp³-hybridized carbons (Fsp3) is 0.923. The molecule has 2 N–H and O–H groups in total. The maximum atomic E-state index is 12.4. The number of carbonyl (C=O) groups excluding carboxylic acids is 1. The molecule has 1 aliphatic heterocycles. The van der Waals surface area contributed by atoms with Crippen LogP contribution in [-0.2, 0) is 4.79 Å². The molecule has 1 aliphatic rings. The molecule has 0 spiro atoms. The van der Waals surface area contributed by atoms with E-state index in [-0.39, 0.29) is 5.91 Å². The van der Waals surface area contributed by atoms with Crippen molar-refractivity contribution in [1.82, 2.24) is 4.90 Å². The Labute approximate surface area is 109 Å². The highest BCUT2D eigenvalue weighted by atomic mass is 32.2. The highest BCUT2D eigenvalue weighted by Gasteiger charge is 2.35. The van der Waals surface area contributed by atoms with Gasteiger partial charge < -0.3 is 10.6 Å². The van der Waals surface area contributed by atoms with Gasteiger partial charge in [-0.05, 0) is 19.3 Å². The Bertz CT molecular complexity index is 266. The van der Waals surface area contributed by atoms with Crippen LogP contribution in [0.15, 0.2) is 0 Å². The Morgan fingerprint density at radius 1 is 1.59 bits per heavy atom. The molecule has 4 heteroatoms. The average molecular weight is 258 g/mol. The van der Waals surface area contributed by atoms with Crippen LogP contribution in [0.25, 0.3) is 0 Å². The summed E-state index contributed by atoms with van der Waals surface area (Å²) in [6, 6.07) is 0.